The number of pyridine rings is 1. The number of benzene rings is 1. The summed E-state index contributed by atoms with van der Waals surface area (Å²) in [5, 5.41) is 6.03. The largest absolute Gasteiger partial charge is 0.462 e. The molecule has 2 N–H and O–H groups in total. The molecule has 8 nitrogen and oxygen atoms in total. The number of morpholine rings is 1. The lowest BCUT2D eigenvalue weighted by Gasteiger charge is -2.26. The molecular weight excluding hydrogens is 372 g/mol. The van der Waals surface area contributed by atoms with E-state index in [0.29, 0.717) is 35.8 Å². The van der Waals surface area contributed by atoms with Gasteiger partial charge in [0.05, 0.1) is 31.1 Å². The third kappa shape index (κ3) is 6.00. The minimum atomic E-state index is -0.410. The van der Waals surface area contributed by atoms with Gasteiger partial charge in [-0.15, -0.1) is 0 Å². The Balaban J connectivity index is 1.61. The van der Waals surface area contributed by atoms with Crippen molar-refractivity contribution in [1.29, 1.82) is 0 Å². The number of nitrogens with one attached hydrogen (secondary N) is 2. The number of carbonyl (C=O) groups is 2. The average Bonchev–Trinajstić information content (AvgIpc) is 2.75. The lowest BCUT2D eigenvalue weighted by atomic mass is 10.1. The fourth-order valence-electron chi connectivity index (χ4n) is 3.01. The minimum absolute atomic E-state index is 0.164. The van der Waals surface area contributed by atoms with Crippen molar-refractivity contribution >= 4 is 23.4 Å². The highest BCUT2D eigenvalue weighted by Crippen LogP contribution is 2.21. The van der Waals surface area contributed by atoms with Gasteiger partial charge in [-0.25, -0.2) is 9.78 Å². The Labute approximate surface area is 170 Å². The molecule has 0 aliphatic carbocycles. The molecule has 8 heteroatoms. The first-order chi connectivity index (χ1) is 14.2. The molecular formula is C21H26N4O4. The lowest BCUT2D eigenvalue weighted by Crippen LogP contribution is -2.41. The van der Waals surface area contributed by atoms with Crippen molar-refractivity contribution in [2.24, 2.45) is 0 Å². The summed E-state index contributed by atoms with van der Waals surface area (Å²) in [4.78, 5) is 31.1. The molecule has 154 valence electrons. The highest BCUT2D eigenvalue weighted by atomic mass is 16.5. The Morgan fingerprint density at radius 3 is 2.79 bits per heavy atom. The van der Waals surface area contributed by atoms with Crippen molar-refractivity contribution in [3.8, 4) is 0 Å². The van der Waals surface area contributed by atoms with Crippen LogP contribution in [-0.4, -0.2) is 67.8 Å². The molecule has 1 amide bonds. The van der Waals surface area contributed by atoms with Gasteiger partial charge in [0.25, 0.3) is 5.91 Å². The van der Waals surface area contributed by atoms with Crippen LogP contribution < -0.4 is 10.6 Å². The van der Waals surface area contributed by atoms with E-state index in [2.05, 4.69) is 20.5 Å². The molecule has 0 unspecified atom stereocenters. The van der Waals surface area contributed by atoms with Crippen molar-refractivity contribution in [3.05, 3.63) is 53.7 Å². The first-order valence-corrected chi connectivity index (χ1v) is 9.75. The second-order valence-electron chi connectivity index (χ2n) is 6.53. The van der Waals surface area contributed by atoms with Crippen molar-refractivity contribution in [2.75, 3.05) is 51.3 Å². The number of ether oxygens (including phenoxy) is 2. The van der Waals surface area contributed by atoms with E-state index >= 15 is 0 Å². The number of hydrogen-bond acceptors (Lipinski definition) is 7. The molecule has 0 spiro atoms. The zero-order valence-electron chi connectivity index (χ0n) is 16.5. The topological polar surface area (TPSA) is 92.8 Å². The number of carbonyl (C=O) groups excluding carboxylic acids is 2. The van der Waals surface area contributed by atoms with Crippen LogP contribution in [0.4, 0.5) is 11.5 Å². The highest BCUT2D eigenvalue weighted by molar-refractivity contribution is 5.97. The molecule has 1 aromatic carbocycles. The van der Waals surface area contributed by atoms with Gasteiger partial charge in [0, 0.05) is 37.9 Å². The fraction of sp³-hybridized carbons (Fsp3) is 0.381. The summed E-state index contributed by atoms with van der Waals surface area (Å²) in [6.07, 6.45) is 1.56. The zero-order valence-corrected chi connectivity index (χ0v) is 16.5. The maximum atomic E-state index is 12.5. The zero-order chi connectivity index (χ0) is 20.5. The maximum absolute atomic E-state index is 12.5. The minimum Gasteiger partial charge on any atom is -0.462 e. The second kappa shape index (κ2) is 10.5. The van der Waals surface area contributed by atoms with Gasteiger partial charge in [-0.1, -0.05) is 12.1 Å². The second-order valence-corrected chi connectivity index (χ2v) is 6.53. The van der Waals surface area contributed by atoms with E-state index in [1.165, 1.54) is 0 Å². The average molecular weight is 398 g/mol. The number of anilines is 2. The Morgan fingerprint density at radius 1 is 1.21 bits per heavy atom. The molecule has 0 atom stereocenters. The summed E-state index contributed by atoms with van der Waals surface area (Å²) < 4.78 is 10.4. The van der Waals surface area contributed by atoms with E-state index in [0.717, 1.165) is 32.8 Å². The SMILES string of the molecule is CCOC(=O)c1ccccc1Nc1cc(C(=O)NCCN2CCOCC2)ccn1. The van der Waals surface area contributed by atoms with Crippen molar-refractivity contribution in [3.63, 3.8) is 0 Å². The molecule has 1 aliphatic heterocycles. The molecule has 1 fully saturated rings. The molecule has 1 aliphatic rings. The molecule has 1 saturated heterocycles. The van der Waals surface area contributed by atoms with Gasteiger partial charge in [0.1, 0.15) is 5.82 Å². The van der Waals surface area contributed by atoms with Crippen molar-refractivity contribution in [2.45, 2.75) is 6.92 Å². The van der Waals surface area contributed by atoms with E-state index in [4.69, 9.17) is 9.47 Å². The first-order valence-electron chi connectivity index (χ1n) is 9.75. The van der Waals surface area contributed by atoms with Gasteiger partial charge in [0.2, 0.25) is 0 Å². The monoisotopic (exact) mass is 398 g/mol. The van der Waals surface area contributed by atoms with Crippen LogP contribution in [0.3, 0.4) is 0 Å². The molecule has 29 heavy (non-hydrogen) atoms. The number of aromatic nitrogens is 1. The van der Waals surface area contributed by atoms with Gasteiger partial charge >= 0.3 is 5.97 Å². The van der Waals surface area contributed by atoms with Crippen LogP contribution in [0.15, 0.2) is 42.6 Å². The number of para-hydroxylation sites is 1. The van der Waals surface area contributed by atoms with E-state index in [1.54, 1.807) is 43.5 Å². The first kappa shape index (κ1) is 20.8. The molecule has 1 aromatic heterocycles. The summed E-state index contributed by atoms with van der Waals surface area (Å²) in [5.41, 5.74) is 1.48. The molecule has 2 heterocycles. The van der Waals surface area contributed by atoms with E-state index in [9.17, 15) is 9.59 Å². The Morgan fingerprint density at radius 2 is 2.00 bits per heavy atom. The smallest absolute Gasteiger partial charge is 0.340 e. The predicted molar refractivity (Wildman–Crippen MR) is 110 cm³/mol. The summed E-state index contributed by atoms with van der Waals surface area (Å²) in [6.45, 7) is 6.66. The number of nitrogens with zero attached hydrogens (tertiary/aromatic N) is 2. The number of hydrogen-bond donors (Lipinski definition) is 2. The number of amides is 1. The van der Waals surface area contributed by atoms with Crippen LogP contribution in [0.25, 0.3) is 0 Å². The summed E-state index contributed by atoms with van der Waals surface area (Å²) in [5.74, 6) is -0.0995. The predicted octanol–water partition coefficient (Wildman–Crippen LogP) is 2.06. The summed E-state index contributed by atoms with van der Waals surface area (Å²) >= 11 is 0. The standard InChI is InChI=1S/C21H26N4O4/c1-2-29-21(27)17-5-3-4-6-18(17)24-19-15-16(7-8-22-19)20(26)23-9-10-25-11-13-28-14-12-25/h3-8,15H,2,9-14H2,1H3,(H,22,24)(H,23,26). The van der Waals surface area contributed by atoms with Crippen molar-refractivity contribution < 1.29 is 19.1 Å². The summed E-state index contributed by atoms with van der Waals surface area (Å²) in [6, 6.07) is 10.3. The fourth-order valence-corrected chi connectivity index (χ4v) is 3.01. The molecule has 0 bridgehead atoms. The van der Waals surface area contributed by atoms with Crippen LogP contribution in [0.2, 0.25) is 0 Å². The van der Waals surface area contributed by atoms with Gasteiger partial charge in [-0.3, -0.25) is 9.69 Å². The Hall–Kier alpha value is -2.97. The van der Waals surface area contributed by atoms with E-state index in [-0.39, 0.29) is 5.91 Å². The Bertz CT molecular complexity index is 837. The van der Waals surface area contributed by atoms with E-state index in [1.807, 2.05) is 6.07 Å². The third-order valence-corrected chi connectivity index (χ3v) is 4.52. The van der Waals surface area contributed by atoms with Crippen LogP contribution in [0.5, 0.6) is 0 Å². The van der Waals surface area contributed by atoms with Crippen LogP contribution in [0, 0.1) is 0 Å². The van der Waals surface area contributed by atoms with Crippen LogP contribution in [0.1, 0.15) is 27.6 Å². The molecule has 3 rings (SSSR count). The number of rotatable bonds is 8. The van der Waals surface area contributed by atoms with Gasteiger partial charge in [-0.05, 0) is 31.2 Å². The highest BCUT2D eigenvalue weighted by Gasteiger charge is 2.14. The van der Waals surface area contributed by atoms with Gasteiger partial charge in [-0.2, -0.15) is 0 Å². The van der Waals surface area contributed by atoms with Gasteiger partial charge in [0.15, 0.2) is 0 Å². The van der Waals surface area contributed by atoms with Crippen LogP contribution >= 0.6 is 0 Å². The molecule has 0 saturated carbocycles. The van der Waals surface area contributed by atoms with Gasteiger partial charge < -0.3 is 20.1 Å². The third-order valence-electron chi connectivity index (χ3n) is 4.52. The maximum Gasteiger partial charge on any atom is 0.340 e. The van der Waals surface area contributed by atoms with Crippen LogP contribution in [-0.2, 0) is 9.47 Å². The molecule has 2 aromatic rings. The molecule has 0 radical (unpaired) electrons. The van der Waals surface area contributed by atoms with E-state index < -0.39 is 5.97 Å². The normalized spacial score (nSPS) is 14.2. The van der Waals surface area contributed by atoms with Crippen molar-refractivity contribution in [1.82, 2.24) is 15.2 Å². The number of esters is 1. The summed E-state index contributed by atoms with van der Waals surface area (Å²) in [7, 11) is 0. The Kier molecular flexibility index (Phi) is 7.54. The lowest BCUT2D eigenvalue weighted by molar-refractivity contribution is 0.0383. The quantitative estimate of drug-likeness (QED) is 0.658.